The highest BCUT2D eigenvalue weighted by Crippen LogP contribution is 2.45. The number of rotatable bonds is 5. The maximum absolute atomic E-state index is 15.4. The van der Waals surface area contributed by atoms with Gasteiger partial charge in [0.15, 0.2) is 11.6 Å². The summed E-state index contributed by atoms with van der Waals surface area (Å²) in [5.74, 6) is 5.40. The molecule has 3 aromatic rings. The van der Waals surface area contributed by atoms with Gasteiger partial charge in [-0.15, -0.1) is 0 Å². The van der Waals surface area contributed by atoms with Gasteiger partial charge >= 0.3 is 5.69 Å². The van der Waals surface area contributed by atoms with Gasteiger partial charge in [0.25, 0.3) is 5.56 Å². The van der Waals surface area contributed by atoms with E-state index in [-0.39, 0.29) is 23.3 Å². The highest BCUT2D eigenvalue weighted by molar-refractivity contribution is 5.78. The molecule has 1 aliphatic carbocycles. The van der Waals surface area contributed by atoms with Crippen molar-refractivity contribution in [3.8, 4) is 5.75 Å². The first-order valence-corrected chi connectivity index (χ1v) is 10.7. The fraction of sp³-hybridized carbons (Fsp3) is 0.409. The molecule has 2 aliphatic rings. The van der Waals surface area contributed by atoms with E-state index >= 15 is 4.39 Å². The second-order valence-corrected chi connectivity index (χ2v) is 8.40. The molecule has 1 aliphatic heterocycles. The van der Waals surface area contributed by atoms with Gasteiger partial charge in [-0.3, -0.25) is 14.2 Å². The number of methoxy groups -OCH3 is 1. The van der Waals surface area contributed by atoms with Gasteiger partial charge in [0, 0.05) is 31.7 Å². The molecule has 32 heavy (non-hydrogen) atoms. The number of halogens is 1. The SMILES string of the molecule is COc1c(N2CCC(c3cccnc3CN)C2)c(F)cn2c(=O)n(N)c(=O)c(C3CC3)c12. The van der Waals surface area contributed by atoms with Crippen LogP contribution in [0.3, 0.4) is 0 Å². The average Bonchev–Trinajstić information content (AvgIpc) is 3.53. The van der Waals surface area contributed by atoms with E-state index in [0.29, 0.717) is 35.4 Å². The number of nitrogens with zero attached hydrogens (tertiary/aromatic N) is 4. The molecule has 2 fully saturated rings. The van der Waals surface area contributed by atoms with Gasteiger partial charge in [0.05, 0.1) is 24.6 Å². The molecule has 1 atom stereocenters. The zero-order valence-electron chi connectivity index (χ0n) is 17.8. The molecule has 3 aromatic heterocycles. The molecule has 0 spiro atoms. The molecule has 10 heteroatoms. The lowest BCUT2D eigenvalue weighted by Gasteiger charge is -2.24. The molecule has 0 bridgehead atoms. The van der Waals surface area contributed by atoms with Crippen LogP contribution in [0.5, 0.6) is 5.75 Å². The summed E-state index contributed by atoms with van der Waals surface area (Å²) in [6, 6.07) is 3.88. The van der Waals surface area contributed by atoms with Crippen LogP contribution in [0.2, 0.25) is 0 Å². The molecule has 9 nitrogen and oxygen atoms in total. The molecule has 4 heterocycles. The number of aromatic nitrogens is 3. The van der Waals surface area contributed by atoms with Crippen molar-refractivity contribution in [1.82, 2.24) is 14.1 Å². The fourth-order valence-electron chi connectivity index (χ4n) is 4.84. The zero-order valence-corrected chi connectivity index (χ0v) is 17.8. The number of hydrogen-bond donors (Lipinski definition) is 2. The van der Waals surface area contributed by atoms with Crippen molar-refractivity contribution in [3.05, 3.63) is 68.0 Å². The van der Waals surface area contributed by atoms with Gasteiger partial charge < -0.3 is 21.2 Å². The molecule has 0 amide bonds. The average molecular weight is 440 g/mol. The number of nitrogens with two attached hydrogens (primary N) is 2. The van der Waals surface area contributed by atoms with Crippen LogP contribution < -0.4 is 32.5 Å². The summed E-state index contributed by atoms with van der Waals surface area (Å²) in [5.41, 5.74) is 7.33. The third kappa shape index (κ3) is 3.05. The first-order valence-electron chi connectivity index (χ1n) is 10.7. The van der Waals surface area contributed by atoms with Crippen LogP contribution in [-0.2, 0) is 6.54 Å². The summed E-state index contributed by atoms with van der Waals surface area (Å²) in [7, 11) is 1.43. The molecular formula is C22H25FN6O3. The molecular weight excluding hydrogens is 415 g/mol. The summed E-state index contributed by atoms with van der Waals surface area (Å²) < 4.78 is 22.7. The standard InChI is InChI=1S/C22H25FN6O3/c1-32-20-18(27-8-6-13(10-27)14-3-2-7-26-16(14)9-24)15(23)11-28-19(20)17(12-4-5-12)21(30)29(25)22(28)31/h2-3,7,11-13H,4-6,8-10,24-25H2,1H3. The van der Waals surface area contributed by atoms with Crippen molar-refractivity contribution in [1.29, 1.82) is 0 Å². The first kappa shape index (κ1) is 20.5. The maximum Gasteiger partial charge on any atom is 0.354 e. The van der Waals surface area contributed by atoms with Crippen molar-refractivity contribution in [2.24, 2.45) is 5.73 Å². The summed E-state index contributed by atoms with van der Waals surface area (Å²) in [4.78, 5) is 31.7. The van der Waals surface area contributed by atoms with Crippen LogP contribution in [0.25, 0.3) is 5.52 Å². The van der Waals surface area contributed by atoms with E-state index < -0.39 is 17.1 Å². The Kier molecular flexibility index (Phi) is 4.89. The number of pyridine rings is 2. The van der Waals surface area contributed by atoms with Gasteiger partial charge in [0.1, 0.15) is 11.2 Å². The Morgan fingerprint density at radius 1 is 1.25 bits per heavy atom. The molecule has 0 radical (unpaired) electrons. The first-order chi connectivity index (χ1) is 15.5. The van der Waals surface area contributed by atoms with E-state index in [2.05, 4.69) is 4.98 Å². The largest absolute Gasteiger partial charge is 0.492 e. The van der Waals surface area contributed by atoms with Crippen molar-refractivity contribution in [2.75, 3.05) is 30.9 Å². The molecule has 4 N–H and O–H groups in total. The van der Waals surface area contributed by atoms with Crippen LogP contribution in [0.4, 0.5) is 10.1 Å². The Bertz CT molecular complexity index is 1330. The van der Waals surface area contributed by atoms with E-state index in [1.165, 1.54) is 7.11 Å². The van der Waals surface area contributed by atoms with E-state index in [9.17, 15) is 9.59 Å². The highest BCUT2D eigenvalue weighted by atomic mass is 19.1. The number of ether oxygens (including phenoxy) is 1. The third-order valence-electron chi connectivity index (χ3n) is 6.51. The Labute approximate surface area is 183 Å². The van der Waals surface area contributed by atoms with Crippen molar-refractivity contribution < 1.29 is 9.13 Å². The van der Waals surface area contributed by atoms with Crippen LogP contribution in [0.1, 0.15) is 47.9 Å². The lowest BCUT2D eigenvalue weighted by molar-refractivity contribution is 0.412. The number of fused-ring (bicyclic) bond motifs is 1. The predicted molar refractivity (Wildman–Crippen MR) is 118 cm³/mol. The van der Waals surface area contributed by atoms with Gasteiger partial charge in [-0.1, -0.05) is 6.07 Å². The number of anilines is 1. The van der Waals surface area contributed by atoms with Crippen molar-refractivity contribution in [2.45, 2.75) is 37.6 Å². The number of hydrogen-bond acceptors (Lipinski definition) is 7. The monoisotopic (exact) mass is 440 g/mol. The minimum atomic E-state index is -0.805. The van der Waals surface area contributed by atoms with Crippen LogP contribution in [-0.4, -0.2) is 34.3 Å². The summed E-state index contributed by atoms with van der Waals surface area (Å²) in [5, 5.41) is 0. The Hall–Kier alpha value is -3.40. The second-order valence-electron chi connectivity index (χ2n) is 8.40. The normalized spacial score (nSPS) is 18.5. The topological polar surface area (TPSA) is 121 Å². The van der Waals surface area contributed by atoms with Gasteiger partial charge in [0.2, 0.25) is 0 Å². The van der Waals surface area contributed by atoms with Gasteiger partial charge in [-0.25, -0.2) is 9.18 Å². The minimum absolute atomic E-state index is 0.0195. The van der Waals surface area contributed by atoms with Gasteiger partial charge in [-0.05, 0) is 36.8 Å². The smallest absolute Gasteiger partial charge is 0.354 e. The minimum Gasteiger partial charge on any atom is -0.492 e. The predicted octanol–water partition coefficient (Wildman–Crippen LogP) is 1.05. The quantitative estimate of drug-likeness (QED) is 0.569. The molecule has 1 unspecified atom stereocenters. The van der Waals surface area contributed by atoms with E-state index in [4.69, 9.17) is 16.3 Å². The zero-order chi connectivity index (χ0) is 22.6. The third-order valence-corrected chi connectivity index (χ3v) is 6.51. The summed E-state index contributed by atoms with van der Waals surface area (Å²) in [6.07, 6.45) is 5.24. The molecule has 1 saturated carbocycles. The fourth-order valence-corrected chi connectivity index (χ4v) is 4.84. The molecule has 0 aromatic carbocycles. The Balaban J connectivity index is 1.66. The van der Waals surface area contributed by atoms with E-state index in [1.54, 1.807) is 6.20 Å². The molecule has 168 valence electrons. The van der Waals surface area contributed by atoms with E-state index in [1.807, 2.05) is 17.0 Å². The van der Waals surface area contributed by atoms with Crippen molar-refractivity contribution >= 4 is 11.2 Å². The maximum atomic E-state index is 15.4. The lowest BCUT2D eigenvalue weighted by Crippen LogP contribution is -2.44. The van der Waals surface area contributed by atoms with Crippen LogP contribution in [0, 0.1) is 5.82 Å². The lowest BCUT2D eigenvalue weighted by atomic mass is 9.97. The Morgan fingerprint density at radius 2 is 2.03 bits per heavy atom. The Morgan fingerprint density at radius 3 is 2.72 bits per heavy atom. The second kappa shape index (κ2) is 7.63. The number of nitrogen functional groups attached to an aromatic ring is 1. The highest BCUT2D eigenvalue weighted by Gasteiger charge is 2.35. The van der Waals surface area contributed by atoms with E-state index in [0.717, 1.165) is 41.1 Å². The van der Waals surface area contributed by atoms with Crippen LogP contribution in [0.15, 0.2) is 34.1 Å². The summed E-state index contributed by atoms with van der Waals surface area (Å²) >= 11 is 0. The summed E-state index contributed by atoms with van der Waals surface area (Å²) in [6.45, 7) is 1.46. The van der Waals surface area contributed by atoms with Crippen molar-refractivity contribution in [3.63, 3.8) is 0 Å². The van der Waals surface area contributed by atoms with Crippen LogP contribution >= 0.6 is 0 Å². The molecule has 5 rings (SSSR count). The molecule has 1 saturated heterocycles. The van der Waals surface area contributed by atoms with Gasteiger partial charge in [-0.2, -0.15) is 4.68 Å².